The van der Waals surface area contributed by atoms with Crippen LogP contribution in [0.15, 0.2) is 42.6 Å². The third-order valence-corrected chi connectivity index (χ3v) is 3.61. The molecule has 1 atom stereocenters. The lowest BCUT2D eigenvalue weighted by Gasteiger charge is -2.33. The minimum Gasteiger partial charge on any atom is -0.366 e. The van der Waals surface area contributed by atoms with Gasteiger partial charge in [-0.3, -0.25) is 10.00 Å². The van der Waals surface area contributed by atoms with Crippen LogP contribution in [0.2, 0.25) is 0 Å². The molecule has 2 aromatic rings. The maximum atomic E-state index is 3.97. The number of likely N-dealkylation sites (tertiary alicyclic amines) is 1. The van der Waals surface area contributed by atoms with Gasteiger partial charge in [-0.1, -0.05) is 30.3 Å². The van der Waals surface area contributed by atoms with Crippen molar-refractivity contribution in [2.24, 2.45) is 0 Å². The first-order valence-electron chi connectivity index (χ1n) is 6.92. The Morgan fingerprint density at radius 1 is 1.26 bits per heavy atom. The summed E-state index contributed by atoms with van der Waals surface area (Å²) >= 11 is 0. The van der Waals surface area contributed by atoms with Crippen LogP contribution < -0.4 is 5.32 Å². The molecule has 4 heteroatoms. The first-order valence-corrected chi connectivity index (χ1v) is 6.92. The molecule has 2 N–H and O–H groups in total. The summed E-state index contributed by atoms with van der Waals surface area (Å²) in [5.74, 6) is 1.02. The average molecular weight is 256 g/mol. The molecule has 1 fully saturated rings. The number of hydrogen-bond acceptors (Lipinski definition) is 3. The van der Waals surface area contributed by atoms with Crippen LogP contribution in [-0.4, -0.2) is 34.2 Å². The summed E-state index contributed by atoms with van der Waals surface area (Å²) in [7, 11) is 0. The number of hydrogen-bond donors (Lipinski definition) is 2. The number of aromatic nitrogens is 2. The number of anilines is 1. The summed E-state index contributed by atoms with van der Waals surface area (Å²) in [5.41, 5.74) is 1.39. The topological polar surface area (TPSA) is 44.0 Å². The van der Waals surface area contributed by atoms with Gasteiger partial charge in [0.25, 0.3) is 0 Å². The molecule has 1 aliphatic heterocycles. The molecule has 0 saturated carbocycles. The first-order chi connectivity index (χ1) is 9.40. The van der Waals surface area contributed by atoms with Gasteiger partial charge in [0, 0.05) is 19.1 Å². The average Bonchev–Trinajstić information content (AvgIpc) is 2.93. The molecular formula is C15H20N4. The molecule has 3 rings (SSSR count). The highest BCUT2D eigenvalue weighted by Gasteiger charge is 2.19. The normalized spacial score (nSPS) is 20.3. The highest BCUT2D eigenvalue weighted by atomic mass is 15.2. The van der Waals surface area contributed by atoms with Gasteiger partial charge < -0.3 is 5.32 Å². The van der Waals surface area contributed by atoms with E-state index in [2.05, 4.69) is 50.7 Å². The maximum absolute atomic E-state index is 3.97. The number of H-pyrrole nitrogens is 1. The van der Waals surface area contributed by atoms with E-state index in [-0.39, 0.29) is 0 Å². The zero-order valence-electron chi connectivity index (χ0n) is 11.0. The van der Waals surface area contributed by atoms with Crippen LogP contribution in [0.3, 0.4) is 0 Å². The zero-order chi connectivity index (χ0) is 12.9. The standard InChI is InChI=1S/C15H20N4/c1-2-5-13(6-3-1)11-19-10-4-7-14(12-19)17-15-8-9-16-18-15/h1-3,5-6,8-9,14H,4,7,10-12H2,(H2,16,17,18)/t14-/m1/s1. The van der Waals surface area contributed by atoms with Crippen molar-refractivity contribution >= 4 is 5.82 Å². The van der Waals surface area contributed by atoms with E-state index in [1.165, 1.54) is 24.9 Å². The maximum Gasteiger partial charge on any atom is 0.121 e. The molecule has 4 nitrogen and oxygen atoms in total. The van der Waals surface area contributed by atoms with Gasteiger partial charge in [0.2, 0.25) is 0 Å². The summed E-state index contributed by atoms with van der Waals surface area (Å²) in [6.07, 6.45) is 4.26. The molecule has 1 aromatic carbocycles. The molecule has 1 aliphatic rings. The molecule has 0 radical (unpaired) electrons. The largest absolute Gasteiger partial charge is 0.366 e. The van der Waals surface area contributed by atoms with E-state index < -0.39 is 0 Å². The Hall–Kier alpha value is -1.81. The molecule has 0 spiro atoms. The quantitative estimate of drug-likeness (QED) is 0.883. The van der Waals surface area contributed by atoms with E-state index in [1.54, 1.807) is 6.20 Å². The lowest BCUT2D eigenvalue weighted by atomic mass is 10.0. The Balaban J connectivity index is 1.56. The molecular weight excluding hydrogens is 236 g/mol. The fourth-order valence-corrected chi connectivity index (χ4v) is 2.71. The van der Waals surface area contributed by atoms with Crippen molar-refractivity contribution in [1.82, 2.24) is 15.1 Å². The van der Waals surface area contributed by atoms with E-state index in [4.69, 9.17) is 0 Å². The Kier molecular flexibility index (Phi) is 3.79. The van der Waals surface area contributed by atoms with Gasteiger partial charge in [-0.05, 0) is 31.0 Å². The molecule has 19 heavy (non-hydrogen) atoms. The van der Waals surface area contributed by atoms with Crippen LogP contribution >= 0.6 is 0 Å². The fourth-order valence-electron chi connectivity index (χ4n) is 2.71. The van der Waals surface area contributed by atoms with Gasteiger partial charge in [0.05, 0.1) is 6.20 Å². The van der Waals surface area contributed by atoms with Crippen LogP contribution in [0, 0.1) is 0 Å². The predicted molar refractivity (Wildman–Crippen MR) is 77.0 cm³/mol. The van der Waals surface area contributed by atoms with Crippen molar-refractivity contribution in [2.75, 3.05) is 18.4 Å². The minimum atomic E-state index is 0.512. The lowest BCUT2D eigenvalue weighted by molar-refractivity contribution is 0.208. The predicted octanol–water partition coefficient (Wildman–Crippen LogP) is 2.49. The SMILES string of the molecule is c1ccc(CN2CCC[C@@H](Nc3ccn[nH]3)C2)cc1. The van der Waals surface area contributed by atoms with Crippen molar-refractivity contribution in [1.29, 1.82) is 0 Å². The molecule has 0 unspecified atom stereocenters. The van der Waals surface area contributed by atoms with Gasteiger partial charge in [-0.2, -0.15) is 5.10 Å². The summed E-state index contributed by atoms with van der Waals surface area (Å²) < 4.78 is 0. The Bertz CT molecular complexity index is 480. The number of piperidine rings is 1. The summed E-state index contributed by atoms with van der Waals surface area (Å²) in [6, 6.07) is 13.2. The molecule has 1 aromatic heterocycles. The molecule has 1 saturated heterocycles. The summed E-state index contributed by atoms with van der Waals surface area (Å²) in [6.45, 7) is 3.33. The smallest absolute Gasteiger partial charge is 0.121 e. The third kappa shape index (κ3) is 3.35. The number of rotatable bonds is 4. The van der Waals surface area contributed by atoms with Crippen LogP contribution in [-0.2, 0) is 6.54 Å². The number of nitrogens with one attached hydrogen (secondary N) is 2. The summed E-state index contributed by atoms with van der Waals surface area (Å²) in [4.78, 5) is 2.52. The molecule has 0 bridgehead atoms. The van der Waals surface area contributed by atoms with E-state index in [9.17, 15) is 0 Å². The van der Waals surface area contributed by atoms with Gasteiger partial charge in [0.15, 0.2) is 0 Å². The van der Waals surface area contributed by atoms with Gasteiger partial charge in [-0.15, -0.1) is 0 Å². The van der Waals surface area contributed by atoms with Crippen molar-refractivity contribution in [2.45, 2.75) is 25.4 Å². The fraction of sp³-hybridized carbons (Fsp3) is 0.400. The van der Waals surface area contributed by atoms with Crippen LogP contribution in [0.5, 0.6) is 0 Å². The van der Waals surface area contributed by atoms with Crippen molar-refractivity contribution in [3.05, 3.63) is 48.2 Å². The lowest BCUT2D eigenvalue weighted by Crippen LogP contribution is -2.41. The van der Waals surface area contributed by atoms with E-state index in [0.717, 1.165) is 18.9 Å². The van der Waals surface area contributed by atoms with Gasteiger partial charge in [-0.25, -0.2) is 0 Å². The van der Waals surface area contributed by atoms with Crippen molar-refractivity contribution in [3.63, 3.8) is 0 Å². The Labute approximate surface area is 113 Å². The minimum absolute atomic E-state index is 0.512. The second-order valence-corrected chi connectivity index (χ2v) is 5.17. The third-order valence-electron chi connectivity index (χ3n) is 3.61. The van der Waals surface area contributed by atoms with Crippen molar-refractivity contribution < 1.29 is 0 Å². The van der Waals surface area contributed by atoms with Gasteiger partial charge >= 0.3 is 0 Å². The zero-order valence-corrected chi connectivity index (χ0v) is 11.0. The molecule has 100 valence electrons. The molecule has 0 amide bonds. The first kappa shape index (κ1) is 12.2. The molecule has 2 heterocycles. The second kappa shape index (κ2) is 5.89. The highest BCUT2D eigenvalue weighted by Crippen LogP contribution is 2.16. The van der Waals surface area contributed by atoms with Crippen LogP contribution in [0.1, 0.15) is 18.4 Å². The van der Waals surface area contributed by atoms with E-state index >= 15 is 0 Å². The second-order valence-electron chi connectivity index (χ2n) is 5.17. The highest BCUT2D eigenvalue weighted by molar-refractivity contribution is 5.33. The summed E-state index contributed by atoms with van der Waals surface area (Å²) in [5, 5.41) is 10.5. The Morgan fingerprint density at radius 2 is 2.16 bits per heavy atom. The number of aromatic amines is 1. The monoisotopic (exact) mass is 256 g/mol. The van der Waals surface area contributed by atoms with Crippen molar-refractivity contribution in [3.8, 4) is 0 Å². The van der Waals surface area contributed by atoms with Crippen LogP contribution in [0.4, 0.5) is 5.82 Å². The number of benzene rings is 1. The number of nitrogens with zero attached hydrogens (tertiary/aromatic N) is 2. The van der Waals surface area contributed by atoms with Crippen LogP contribution in [0.25, 0.3) is 0 Å². The molecule has 0 aliphatic carbocycles. The Morgan fingerprint density at radius 3 is 2.95 bits per heavy atom. The van der Waals surface area contributed by atoms with Gasteiger partial charge in [0.1, 0.15) is 5.82 Å². The van der Waals surface area contributed by atoms with E-state index in [0.29, 0.717) is 6.04 Å². The van der Waals surface area contributed by atoms with E-state index in [1.807, 2.05) is 6.07 Å².